The first kappa shape index (κ1) is 30.3. The summed E-state index contributed by atoms with van der Waals surface area (Å²) in [5.41, 5.74) is 9.58. The van der Waals surface area contributed by atoms with E-state index in [2.05, 4.69) is 134 Å². The molecule has 0 saturated heterocycles. The summed E-state index contributed by atoms with van der Waals surface area (Å²) in [5.74, 6) is 1.69. The van der Waals surface area contributed by atoms with Gasteiger partial charge in [-0.1, -0.05) is 0 Å². The van der Waals surface area contributed by atoms with E-state index in [9.17, 15) is 0 Å². The number of hydrogen-bond acceptors (Lipinski definition) is 3. The van der Waals surface area contributed by atoms with Gasteiger partial charge >= 0.3 is 267 Å². The molecule has 0 amide bonds. The quantitative estimate of drug-likeness (QED) is 0.173. The normalized spacial score (nSPS) is 13.8. The van der Waals surface area contributed by atoms with Gasteiger partial charge in [0.25, 0.3) is 0 Å². The molecule has 1 aliphatic heterocycles. The van der Waals surface area contributed by atoms with Gasteiger partial charge in [-0.2, -0.15) is 0 Å². The first-order valence-electron chi connectivity index (χ1n) is 15.9. The second-order valence-corrected chi connectivity index (χ2v) is 24.0. The van der Waals surface area contributed by atoms with Crippen molar-refractivity contribution < 1.29 is 4.74 Å². The van der Waals surface area contributed by atoms with Crippen LogP contribution in [0.15, 0.2) is 97.3 Å². The van der Waals surface area contributed by atoms with Gasteiger partial charge in [0.2, 0.25) is 0 Å². The Hall–Kier alpha value is -3.70. The molecule has 2 aromatic heterocycles. The molecule has 3 nitrogen and oxygen atoms in total. The second kappa shape index (κ2) is 11.3. The summed E-state index contributed by atoms with van der Waals surface area (Å²) in [7, 11) is 0. The molecule has 3 heterocycles. The van der Waals surface area contributed by atoms with Gasteiger partial charge < -0.3 is 0 Å². The number of pyridine rings is 2. The standard InChI is InChI=1S/C40H44GeN2O/c1-9-41(10-2)34-17-12-11-16-32(34)38-33(37-24-29(19-21-43-37)40(6,7)8)25-31(26-35(38)41)44-30-15-13-14-27(22-30)36-23-28(18-20-42-36)39(3,4)5/h11-26H,9-10H2,1-8H3. The molecule has 0 atom stereocenters. The average Bonchev–Trinajstić information content (AvgIpc) is 3.30. The molecule has 0 aliphatic carbocycles. The van der Waals surface area contributed by atoms with Crippen LogP contribution in [0.2, 0.25) is 10.5 Å². The van der Waals surface area contributed by atoms with Crippen molar-refractivity contribution in [1.29, 1.82) is 0 Å². The van der Waals surface area contributed by atoms with Crippen molar-refractivity contribution in [1.82, 2.24) is 9.97 Å². The summed E-state index contributed by atoms with van der Waals surface area (Å²) >= 11 is -2.66. The van der Waals surface area contributed by atoms with Crippen LogP contribution in [-0.2, 0) is 10.8 Å². The summed E-state index contributed by atoms with van der Waals surface area (Å²) in [6.07, 6.45) is 3.88. The van der Waals surface area contributed by atoms with Crippen LogP contribution in [-0.4, -0.2) is 23.2 Å². The predicted molar refractivity (Wildman–Crippen MR) is 188 cm³/mol. The monoisotopic (exact) mass is 642 g/mol. The van der Waals surface area contributed by atoms with Crippen molar-refractivity contribution in [2.75, 3.05) is 0 Å². The zero-order chi connectivity index (χ0) is 31.3. The van der Waals surface area contributed by atoms with Crippen molar-refractivity contribution in [3.63, 3.8) is 0 Å². The van der Waals surface area contributed by atoms with Crippen LogP contribution in [0.3, 0.4) is 0 Å². The average molecular weight is 641 g/mol. The summed E-state index contributed by atoms with van der Waals surface area (Å²) in [4.78, 5) is 9.67. The van der Waals surface area contributed by atoms with E-state index in [1.165, 1.54) is 42.7 Å². The Morgan fingerprint density at radius 1 is 0.591 bits per heavy atom. The van der Waals surface area contributed by atoms with Crippen molar-refractivity contribution in [3.8, 4) is 45.1 Å². The molecule has 0 bridgehead atoms. The topological polar surface area (TPSA) is 35.0 Å². The van der Waals surface area contributed by atoms with Crippen LogP contribution in [0.25, 0.3) is 33.6 Å². The van der Waals surface area contributed by atoms with Gasteiger partial charge in [0, 0.05) is 0 Å². The molecule has 0 saturated carbocycles. The molecule has 0 N–H and O–H groups in total. The fourth-order valence-electron chi connectivity index (χ4n) is 6.77. The SMILES string of the molecule is C[CH2][Ge]1([CH2]C)[c]2ccccc2-c2c(-c3cc(C(C)(C)C)ccn3)cc(Oc3cccc(-c4cc(C(C)(C)C)ccn4)c3)c[c]21. The van der Waals surface area contributed by atoms with E-state index in [0.717, 1.165) is 28.5 Å². The number of rotatable bonds is 6. The molecular formula is C40H44GeN2O. The summed E-state index contributed by atoms with van der Waals surface area (Å²) in [6, 6.07) is 30.8. The fourth-order valence-corrected chi connectivity index (χ4v) is 16.5. The van der Waals surface area contributed by atoms with Crippen LogP contribution in [0.4, 0.5) is 0 Å². The van der Waals surface area contributed by atoms with Crippen LogP contribution in [0, 0.1) is 0 Å². The van der Waals surface area contributed by atoms with Gasteiger partial charge in [-0.25, -0.2) is 0 Å². The maximum absolute atomic E-state index is 6.78. The second-order valence-electron chi connectivity index (χ2n) is 14.2. The Labute approximate surface area is 266 Å². The van der Waals surface area contributed by atoms with Crippen LogP contribution < -0.4 is 13.5 Å². The number of ether oxygens (including phenoxy) is 1. The van der Waals surface area contributed by atoms with E-state index in [0.29, 0.717) is 0 Å². The molecule has 0 radical (unpaired) electrons. The van der Waals surface area contributed by atoms with E-state index in [-0.39, 0.29) is 10.8 Å². The van der Waals surface area contributed by atoms with Crippen LogP contribution in [0.5, 0.6) is 11.5 Å². The van der Waals surface area contributed by atoms with E-state index in [1.54, 1.807) is 4.40 Å². The first-order chi connectivity index (χ1) is 20.9. The van der Waals surface area contributed by atoms with Gasteiger partial charge in [-0.15, -0.1) is 0 Å². The Kier molecular flexibility index (Phi) is 7.82. The number of benzene rings is 3. The molecular weight excluding hydrogens is 597 g/mol. The summed E-state index contributed by atoms with van der Waals surface area (Å²) in [6.45, 7) is 18.3. The Bertz CT molecular complexity index is 1840. The van der Waals surface area contributed by atoms with Gasteiger partial charge in [0.1, 0.15) is 0 Å². The molecule has 0 fully saturated rings. The fraction of sp³-hybridized carbons (Fsp3) is 0.300. The van der Waals surface area contributed by atoms with Gasteiger partial charge in [0.05, 0.1) is 0 Å². The number of nitrogens with zero attached hydrogens (tertiary/aromatic N) is 2. The Balaban J connectivity index is 1.51. The van der Waals surface area contributed by atoms with Crippen molar-refractivity contribution in [2.45, 2.75) is 76.7 Å². The Morgan fingerprint density at radius 2 is 1.23 bits per heavy atom. The summed E-state index contributed by atoms with van der Waals surface area (Å²) < 4.78 is 9.88. The summed E-state index contributed by atoms with van der Waals surface area (Å²) in [5, 5.41) is 2.40. The minimum atomic E-state index is -2.66. The third kappa shape index (κ3) is 5.40. The first-order valence-corrected chi connectivity index (χ1v) is 21.0. The number of fused-ring (bicyclic) bond motifs is 3. The van der Waals surface area contributed by atoms with Gasteiger partial charge in [-0.3, -0.25) is 0 Å². The van der Waals surface area contributed by atoms with E-state index in [1.807, 2.05) is 18.5 Å². The molecule has 0 spiro atoms. The van der Waals surface area contributed by atoms with E-state index < -0.39 is 13.3 Å². The molecule has 3 aromatic carbocycles. The van der Waals surface area contributed by atoms with Gasteiger partial charge in [-0.05, 0) is 0 Å². The molecule has 1 aliphatic rings. The molecule has 224 valence electrons. The maximum atomic E-state index is 6.78. The van der Waals surface area contributed by atoms with Crippen LogP contribution in [0.1, 0.15) is 66.5 Å². The van der Waals surface area contributed by atoms with E-state index in [4.69, 9.17) is 14.7 Å². The predicted octanol–water partition coefficient (Wildman–Crippen LogP) is 9.78. The third-order valence-electron chi connectivity index (χ3n) is 9.44. The van der Waals surface area contributed by atoms with Crippen molar-refractivity contribution >= 4 is 22.1 Å². The number of aromatic nitrogens is 2. The third-order valence-corrected chi connectivity index (χ3v) is 20.6. The van der Waals surface area contributed by atoms with Crippen molar-refractivity contribution in [3.05, 3.63) is 108 Å². The Morgan fingerprint density at radius 3 is 1.89 bits per heavy atom. The number of hydrogen-bond donors (Lipinski definition) is 0. The molecule has 0 unspecified atom stereocenters. The van der Waals surface area contributed by atoms with E-state index >= 15 is 0 Å². The zero-order valence-corrected chi connectivity index (χ0v) is 29.6. The molecule has 6 rings (SSSR count). The molecule has 44 heavy (non-hydrogen) atoms. The molecule has 5 aromatic rings. The van der Waals surface area contributed by atoms with Crippen LogP contribution >= 0.6 is 0 Å². The molecule has 4 heteroatoms. The van der Waals surface area contributed by atoms with Gasteiger partial charge in [0.15, 0.2) is 0 Å². The minimum absolute atomic E-state index is 0.0278. The van der Waals surface area contributed by atoms with Crippen molar-refractivity contribution in [2.24, 2.45) is 0 Å². The zero-order valence-electron chi connectivity index (χ0n) is 27.5.